The van der Waals surface area contributed by atoms with Crippen LogP contribution in [-0.4, -0.2) is 31.1 Å². The minimum Gasteiger partial charge on any atom is -0.619 e. The number of pyridine rings is 2. The zero-order chi connectivity index (χ0) is 16.8. The second kappa shape index (κ2) is 14.4. The van der Waals surface area contributed by atoms with Gasteiger partial charge in [-0.15, -0.1) is 0 Å². The number of tetrazole rings is 2. The van der Waals surface area contributed by atoms with Gasteiger partial charge in [0, 0.05) is 47.0 Å². The van der Waals surface area contributed by atoms with Gasteiger partial charge in [0.1, 0.15) is 0 Å². The largest absolute Gasteiger partial charge is 2.00 e. The third-order valence-corrected chi connectivity index (χ3v) is 2.76. The molecule has 29 heavy (non-hydrogen) atoms. The normalized spacial score (nSPS) is 8.28. The van der Waals surface area contributed by atoms with E-state index in [1.807, 2.05) is 0 Å². The Balaban J connectivity index is -0.000000398. The molecule has 0 saturated carbocycles. The number of nitrogens with zero attached hydrogens (tertiary/aromatic N) is 10. The van der Waals surface area contributed by atoms with Crippen molar-refractivity contribution in [3.05, 3.63) is 59.5 Å². The van der Waals surface area contributed by atoms with Crippen LogP contribution in [0.2, 0.25) is 0 Å². The molecular formula is C12H20N10NiO6+4. The molecule has 0 fully saturated rings. The van der Waals surface area contributed by atoms with E-state index in [4.69, 9.17) is 0 Å². The molecule has 160 valence electrons. The Morgan fingerprint density at radius 2 is 0.931 bits per heavy atom. The van der Waals surface area contributed by atoms with Gasteiger partial charge in [0.05, 0.1) is 0 Å². The molecule has 17 heteroatoms. The van der Waals surface area contributed by atoms with E-state index in [-0.39, 0.29) is 38.4 Å². The number of rotatable bonds is 2. The fourth-order valence-corrected chi connectivity index (χ4v) is 1.64. The van der Waals surface area contributed by atoms with Gasteiger partial charge in [-0.3, -0.25) is 20.6 Å². The van der Waals surface area contributed by atoms with Crippen molar-refractivity contribution in [2.24, 2.45) is 0 Å². The molecule has 0 aliphatic carbocycles. The van der Waals surface area contributed by atoms with E-state index in [0.29, 0.717) is 21.1 Å². The first kappa shape index (κ1) is 30.1. The molecule has 12 N–H and O–H groups in total. The first-order valence-corrected chi connectivity index (χ1v) is 6.48. The summed E-state index contributed by atoms with van der Waals surface area (Å²) in [5, 5.41) is 49.1. The SMILES string of the molecule is [Ni+2].[O-][n+]1ccc(-c2nnn[n-]2)cc1.[O-][n+]1ccc(-c2nnn[n-]2)cc1.[OH3+].[OH3+].[OH3+].[OH3+]. The molecular weight excluding hydrogens is 439 g/mol. The molecule has 0 radical (unpaired) electrons. The second-order valence-corrected chi connectivity index (χ2v) is 4.30. The minimum absolute atomic E-state index is 0. The Bertz CT molecular complexity index is 801. The van der Waals surface area contributed by atoms with Crippen molar-refractivity contribution in [3.8, 4) is 22.8 Å². The van der Waals surface area contributed by atoms with E-state index in [2.05, 4.69) is 41.2 Å². The summed E-state index contributed by atoms with van der Waals surface area (Å²) in [7, 11) is 0. The van der Waals surface area contributed by atoms with Crippen molar-refractivity contribution in [1.29, 1.82) is 0 Å². The summed E-state index contributed by atoms with van der Waals surface area (Å²) in [4.78, 5) is 0. The van der Waals surface area contributed by atoms with Gasteiger partial charge in [0.25, 0.3) is 0 Å². The van der Waals surface area contributed by atoms with Crippen molar-refractivity contribution in [3.63, 3.8) is 0 Å². The van der Waals surface area contributed by atoms with Crippen LogP contribution in [0, 0.1) is 10.4 Å². The molecule has 0 saturated heterocycles. The number of hydrogen-bond donors (Lipinski definition) is 0. The molecule has 0 atom stereocenters. The first-order chi connectivity index (χ1) is 11.7. The van der Waals surface area contributed by atoms with Gasteiger partial charge < -0.3 is 42.5 Å². The van der Waals surface area contributed by atoms with Crippen LogP contribution in [0.3, 0.4) is 0 Å². The monoisotopic (exact) mass is 458 g/mol. The van der Waals surface area contributed by atoms with Crippen LogP contribution in [0.5, 0.6) is 0 Å². The van der Waals surface area contributed by atoms with Crippen LogP contribution in [0.15, 0.2) is 49.1 Å². The maximum Gasteiger partial charge on any atom is 2.00 e. The average molecular weight is 459 g/mol. The van der Waals surface area contributed by atoms with Crippen LogP contribution >= 0.6 is 0 Å². The summed E-state index contributed by atoms with van der Waals surface area (Å²) >= 11 is 0. The summed E-state index contributed by atoms with van der Waals surface area (Å²) < 4.78 is 1.38. The summed E-state index contributed by atoms with van der Waals surface area (Å²) in [5.74, 6) is 0.853. The standard InChI is InChI=1S/2C6H4N5O.Ni.4H2O/c2*12-11-3-1-5(2-4-11)6-7-9-10-8-6;;;;;/h2*1-4H;;4*1H2/q2*-1;+2;;;;/p+4. The summed E-state index contributed by atoms with van der Waals surface area (Å²) in [5.41, 5.74) is 1.46. The fraction of sp³-hybridized carbons (Fsp3) is 0. The van der Waals surface area contributed by atoms with Crippen LogP contribution in [-0.2, 0) is 38.4 Å². The second-order valence-electron chi connectivity index (χ2n) is 4.30. The molecule has 0 aromatic carbocycles. The van der Waals surface area contributed by atoms with Crippen LogP contribution in [0.4, 0.5) is 0 Å². The molecule has 4 aromatic heterocycles. The zero-order valence-electron chi connectivity index (χ0n) is 14.5. The van der Waals surface area contributed by atoms with Gasteiger partial charge in [0.15, 0.2) is 24.8 Å². The Labute approximate surface area is 171 Å². The fourth-order valence-electron chi connectivity index (χ4n) is 1.64. The van der Waals surface area contributed by atoms with Gasteiger partial charge in [-0.2, -0.15) is 19.9 Å². The van der Waals surface area contributed by atoms with Gasteiger partial charge in [0.2, 0.25) is 0 Å². The molecule has 0 spiro atoms. The first-order valence-electron chi connectivity index (χ1n) is 6.48. The van der Waals surface area contributed by atoms with E-state index < -0.39 is 0 Å². The number of hydrogen-bond acceptors (Lipinski definition) is 8. The van der Waals surface area contributed by atoms with Crippen molar-refractivity contribution < 1.29 is 47.9 Å². The molecule has 16 nitrogen and oxygen atoms in total. The average Bonchev–Trinajstić information content (AvgIpc) is 3.31. The minimum atomic E-state index is 0. The van der Waals surface area contributed by atoms with E-state index in [0.717, 1.165) is 11.1 Å². The van der Waals surface area contributed by atoms with E-state index in [1.54, 1.807) is 24.3 Å². The smallest absolute Gasteiger partial charge is 0.619 e. The van der Waals surface area contributed by atoms with Crippen LogP contribution in [0.1, 0.15) is 0 Å². The van der Waals surface area contributed by atoms with Gasteiger partial charge >= 0.3 is 16.5 Å². The zero-order valence-corrected chi connectivity index (χ0v) is 15.5. The summed E-state index contributed by atoms with van der Waals surface area (Å²) in [6.45, 7) is 0. The molecule has 0 aliphatic rings. The third kappa shape index (κ3) is 8.29. The quantitative estimate of drug-likeness (QED) is 0.118. The van der Waals surface area contributed by atoms with Crippen molar-refractivity contribution in [2.75, 3.05) is 0 Å². The van der Waals surface area contributed by atoms with Gasteiger partial charge in [-0.1, -0.05) is 0 Å². The molecule has 4 heterocycles. The van der Waals surface area contributed by atoms with Gasteiger partial charge in [-0.25, -0.2) is 0 Å². The molecule has 0 unspecified atom stereocenters. The summed E-state index contributed by atoms with van der Waals surface area (Å²) in [6.07, 6.45) is 5.47. The third-order valence-electron chi connectivity index (χ3n) is 2.76. The molecule has 0 amide bonds. The number of aromatic nitrogens is 10. The molecule has 4 aromatic rings. The maximum absolute atomic E-state index is 10.6. The van der Waals surface area contributed by atoms with Crippen molar-refractivity contribution in [1.82, 2.24) is 41.2 Å². The maximum atomic E-state index is 10.6. The van der Waals surface area contributed by atoms with Crippen molar-refractivity contribution >= 4 is 0 Å². The van der Waals surface area contributed by atoms with E-state index in [1.165, 1.54) is 24.8 Å². The van der Waals surface area contributed by atoms with Crippen molar-refractivity contribution in [2.45, 2.75) is 0 Å². The van der Waals surface area contributed by atoms with E-state index >= 15 is 0 Å². The Kier molecular flexibility index (Phi) is 15.0. The topological polar surface area (TPSA) is 291 Å². The predicted molar refractivity (Wildman–Crippen MR) is 94.6 cm³/mol. The van der Waals surface area contributed by atoms with Crippen LogP contribution in [0.25, 0.3) is 22.8 Å². The predicted octanol–water partition coefficient (Wildman–Crippen LogP) is -5.43. The molecule has 0 aliphatic heterocycles. The summed E-state index contributed by atoms with van der Waals surface area (Å²) in [6, 6.07) is 6.41. The van der Waals surface area contributed by atoms with E-state index in [9.17, 15) is 10.4 Å². The van der Waals surface area contributed by atoms with Gasteiger partial charge in [-0.05, 0) is 0 Å². The Morgan fingerprint density at radius 3 is 1.17 bits per heavy atom. The molecule has 0 bridgehead atoms. The molecule has 4 rings (SSSR count). The Morgan fingerprint density at radius 1 is 0.621 bits per heavy atom. The Hall–Kier alpha value is -3.63. The van der Waals surface area contributed by atoms with Crippen LogP contribution < -0.4 is 19.7 Å².